The van der Waals surface area contributed by atoms with Gasteiger partial charge in [-0.2, -0.15) is 0 Å². The van der Waals surface area contributed by atoms with Gasteiger partial charge in [0.1, 0.15) is 0 Å². The van der Waals surface area contributed by atoms with Gasteiger partial charge in [-0.1, -0.05) is 13.8 Å². The molecular formula is C17H34N4O. The van der Waals surface area contributed by atoms with Crippen LogP contribution in [0.5, 0.6) is 0 Å². The molecule has 2 aliphatic heterocycles. The summed E-state index contributed by atoms with van der Waals surface area (Å²) < 4.78 is 0. The number of rotatable bonds is 5. The molecule has 22 heavy (non-hydrogen) atoms. The van der Waals surface area contributed by atoms with Gasteiger partial charge in [-0.05, 0) is 19.8 Å². The van der Waals surface area contributed by atoms with Crippen LogP contribution in [0.15, 0.2) is 0 Å². The van der Waals surface area contributed by atoms with Crippen molar-refractivity contribution >= 4 is 5.91 Å². The van der Waals surface area contributed by atoms with E-state index in [2.05, 4.69) is 42.4 Å². The van der Waals surface area contributed by atoms with Crippen LogP contribution in [0.4, 0.5) is 0 Å². The van der Waals surface area contributed by atoms with Gasteiger partial charge in [-0.15, -0.1) is 0 Å². The second kappa shape index (κ2) is 8.27. The molecule has 0 atom stereocenters. The summed E-state index contributed by atoms with van der Waals surface area (Å²) in [6.07, 6.45) is 0.692. The molecule has 0 spiro atoms. The van der Waals surface area contributed by atoms with Gasteiger partial charge in [0.15, 0.2) is 0 Å². The van der Waals surface area contributed by atoms with Crippen molar-refractivity contribution in [3.63, 3.8) is 0 Å². The lowest BCUT2D eigenvalue weighted by Crippen LogP contribution is -2.55. The molecule has 0 aliphatic carbocycles. The van der Waals surface area contributed by atoms with Gasteiger partial charge >= 0.3 is 0 Å². The van der Waals surface area contributed by atoms with Crippen molar-refractivity contribution in [3.8, 4) is 0 Å². The van der Waals surface area contributed by atoms with E-state index in [0.29, 0.717) is 24.3 Å². The molecule has 0 aromatic rings. The summed E-state index contributed by atoms with van der Waals surface area (Å²) in [6.45, 7) is 18.4. The van der Waals surface area contributed by atoms with Crippen molar-refractivity contribution in [3.05, 3.63) is 0 Å². The van der Waals surface area contributed by atoms with Crippen LogP contribution in [0, 0.1) is 5.92 Å². The molecule has 5 heteroatoms. The summed E-state index contributed by atoms with van der Waals surface area (Å²) in [5.74, 6) is 0.794. The second-order valence-electron chi connectivity index (χ2n) is 7.49. The minimum Gasteiger partial charge on any atom is -0.340 e. The van der Waals surface area contributed by atoms with Gasteiger partial charge in [0, 0.05) is 64.8 Å². The molecule has 0 unspecified atom stereocenters. The topological polar surface area (TPSA) is 30.0 Å². The van der Waals surface area contributed by atoms with Crippen molar-refractivity contribution in [1.82, 2.24) is 19.6 Å². The SMILES string of the molecule is CC(C)CC(=O)N1CCN(CN2CCN(C(C)C)CC2)CC1. The maximum absolute atomic E-state index is 12.1. The standard InChI is InChI=1S/C17H34N4O/c1-15(2)13-17(22)21-11-7-19(8-12-21)14-18-5-9-20(10-6-18)16(3)4/h15-16H,5-14H2,1-4H3. The first-order valence-electron chi connectivity index (χ1n) is 8.92. The predicted octanol–water partition coefficient (Wildman–Crippen LogP) is 1.16. The first-order chi connectivity index (χ1) is 10.5. The fourth-order valence-electron chi connectivity index (χ4n) is 3.32. The molecule has 0 bridgehead atoms. The lowest BCUT2D eigenvalue weighted by Gasteiger charge is -2.41. The normalized spacial score (nSPS) is 22.7. The average Bonchev–Trinajstić information content (AvgIpc) is 2.48. The van der Waals surface area contributed by atoms with Crippen LogP contribution in [-0.2, 0) is 4.79 Å². The Morgan fingerprint density at radius 2 is 1.32 bits per heavy atom. The molecular weight excluding hydrogens is 276 g/mol. The van der Waals surface area contributed by atoms with Crippen molar-refractivity contribution < 1.29 is 4.79 Å². The molecule has 5 nitrogen and oxygen atoms in total. The zero-order valence-corrected chi connectivity index (χ0v) is 14.9. The van der Waals surface area contributed by atoms with E-state index >= 15 is 0 Å². The highest BCUT2D eigenvalue weighted by molar-refractivity contribution is 5.76. The highest BCUT2D eigenvalue weighted by Gasteiger charge is 2.24. The van der Waals surface area contributed by atoms with E-state index in [0.717, 1.165) is 32.8 Å². The summed E-state index contributed by atoms with van der Waals surface area (Å²) in [6, 6.07) is 0.665. The zero-order valence-electron chi connectivity index (χ0n) is 14.9. The Balaban J connectivity index is 1.67. The smallest absolute Gasteiger partial charge is 0.222 e. The van der Waals surface area contributed by atoms with Gasteiger partial charge in [-0.3, -0.25) is 19.5 Å². The minimum absolute atomic E-state index is 0.334. The third kappa shape index (κ3) is 5.21. The van der Waals surface area contributed by atoms with Crippen LogP contribution in [0.3, 0.4) is 0 Å². The van der Waals surface area contributed by atoms with Crippen molar-refractivity contribution in [2.45, 2.75) is 40.2 Å². The molecule has 0 N–H and O–H groups in total. The molecule has 0 saturated carbocycles. The number of piperazine rings is 2. The molecule has 2 aliphatic rings. The van der Waals surface area contributed by atoms with Crippen LogP contribution < -0.4 is 0 Å². The summed E-state index contributed by atoms with van der Waals surface area (Å²) in [5.41, 5.74) is 0. The summed E-state index contributed by atoms with van der Waals surface area (Å²) in [5, 5.41) is 0. The maximum atomic E-state index is 12.1. The molecule has 0 aromatic heterocycles. The Kier molecular flexibility index (Phi) is 6.66. The lowest BCUT2D eigenvalue weighted by atomic mass is 10.1. The van der Waals surface area contributed by atoms with Crippen molar-refractivity contribution in [2.24, 2.45) is 5.92 Å². The first-order valence-corrected chi connectivity index (χ1v) is 8.92. The monoisotopic (exact) mass is 310 g/mol. The van der Waals surface area contributed by atoms with Gasteiger partial charge in [0.05, 0.1) is 6.67 Å². The zero-order chi connectivity index (χ0) is 16.1. The minimum atomic E-state index is 0.334. The number of carbonyl (C=O) groups is 1. The van der Waals surface area contributed by atoms with Gasteiger partial charge < -0.3 is 4.90 Å². The molecule has 2 heterocycles. The number of nitrogens with zero attached hydrogens (tertiary/aromatic N) is 4. The fourth-order valence-corrected chi connectivity index (χ4v) is 3.32. The first kappa shape index (κ1) is 17.7. The Morgan fingerprint density at radius 3 is 1.77 bits per heavy atom. The largest absolute Gasteiger partial charge is 0.340 e. The Labute approximate surface area is 136 Å². The van der Waals surface area contributed by atoms with Crippen LogP contribution in [0.1, 0.15) is 34.1 Å². The Morgan fingerprint density at radius 1 is 0.818 bits per heavy atom. The molecule has 2 rings (SSSR count). The predicted molar refractivity (Wildman–Crippen MR) is 90.8 cm³/mol. The van der Waals surface area contributed by atoms with E-state index < -0.39 is 0 Å². The molecule has 2 saturated heterocycles. The van der Waals surface area contributed by atoms with E-state index in [9.17, 15) is 4.79 Å². The van der Waals surface area contributed by atoms with Crippen LogP contribution in [-0.4, -0.2) is 90.6 Å². The molecule has 0 radical (unpaired) electrons. The molecule has 2 fully saturated rings. The average molecular weight is 310 g/mol. The second-order valence-corrected chi connectivity index (χ2v) is 7.49. The summed E-state index contributed by atoms with van der Waals surface area (Å²) in [4.78, 5) is 21.8. The molecule has 0 aromatic carbocycles. The number of hydrogen-bond acceptors (Lipinski definition) is 4. The molecule has 1 amide bonds. The maximum Gasteiger partial charge on any atom is 0.222 e. The lowest BCUT2D eigenvalue weighted by molar-refractivity contribution is -0.134. The van der Waals surface area contributed by atoms with Crippen molar-refractivity contribution in [1.29, 1.82) is 0 Å². The molecule has 128 valence electrons. The van der Waals surface area contributed by atoms with E-state index in [4.69, 9.17) is 0 Å². The van der Waals surface area contributed by atoms with E-state index in [1.54, 1.807) is 0 Å². The van der Waals surface area contributed by atoms with Gasteiger partial charge in [0.2, 0.25) is 5.91 Å². The number of amides is 1. The quantitative estimate of drug-likeness (QED) is 0.762. The third-order valence-electron chi connectivity index (χ3n) is 4.85. The number of hydrogen-bond donors (Lipinski definition) is 0. The number of carbonyl (C=O) groups excluding carboxylic acids is 1. The van der Waals surface area contributed by atoms with Crippen molar-refractivity contribution in [2.75, 3.05) is 59.0 Å². The van der Waals surface area contributed by atoms with E-state index in [1.165, 1.54) is 26.2 Å². The summed E-state index contributed by atoms with van der Waals surface area (Å²) in [7, 11) is 0. The van der Waals surface area contributed by atoms with Crippen LogP contribution >= 0.6 is 0 Å². The Bertz CT molecular complexity index is 343. The summed E-state index contributed by atoms with van der Waals surface area (Å²) >= 11 is 0. The van der Waals surface area contributed by atoms with Gasteiger partial charge in [-0.25, -0.2) is 0 Å². The highest BCUT2D eigenvalue weighted by Crippen LogP contribution is 2.10. The van der Waals surface area contributed by atoms with Gasteiger partial charge in [0.25, 0.3) is 0 Å². The van der Waals surface area contributed by atoms with Crippen LogP contribution in [0.2, 0.25) is 0 Å². The Hall–Kier alpha value is -0.650. The van der Waals surface area contributed by atoms with Crippen LogP contribution in [0.25, 0.3) is 0 Å². The van der Waals surface area contributed by atoms with E-state index in [-0.39, 0.29) is 0 Å². The van der Waals surface area contributed by atoms with E-state index in [1.807, 2.05) is 4.90 Å². The highest BCUT2D eigenvalue weighted by atomic mass is 16.2. The fraction of sp³-hybridized carbons (Fsp3) is 0.941. The third-order valence-corrected chi connectivity index (χ3v) is 4.85.